The molecule has 2 aliphatic rings. The molecule has 2 saturated heterocycles. The number of nitro benzene ring substituents is 1. The van der Waals surface area contributed by atoms with Gasteiger partial charge in [-0.25, -0.2) is 4.79 Å². The van der Waals surface area contributed by atoms with Crippen molar-refractivity contribution in [1.82, 2.24) is 4.90 Å². The first-order valence-electron chi connectivity index (χ1n) is 9.16. The van der Waals surface area contributed by atoms with Crippen LogP contribution in [0, 0.1) is 16.0 Å². The van der Waals surface area contributed by atoms with Crippen LogP contribution in [-0.4, -0.2) is 54.7 Å². The number of nitro groups is 1. The van der Waals surface area contributed by atoms with Crippen LogP contribution < -0.4 is 10.2 Å². The summed E-state index contributed by atoms with van der Waals surface area (Å²) in [4.78, 5) is 26.5. The van der Waals surface area contributed by atoms with Gasteiger partial charge in [0.05, 0.1) is 22.8 Å². The third kappa shape index (κ3) is 4.07. The predicted molar refractivity (Wildman–Crippen MR) is 99.7 cm³/mol. The maximum absolute atomic E-state index is 11.9. The normalized spacial score (nSPS) is 22.2. The number of ether oxygens (including phenoxy) is 1. The number of piperidine rings is 1. The average Bonchev–Trinajstić information content (AvgIpc) is 3.05. The second-order valence-corrected chi connectivity index (χ2v) is 7.20. The number of non-ortho nitro benzene ring substituents is 1. The predicted octanol–water partition coefficient (Wildman–Crippen LogP) is 3.08. The van der Waals surface area contributed by atoms with E-state index in [1.54, 1.807) is 6.07 Å². The van der Waals surface area contributed by atoms with Gasteiger partial charge in [0.15, 0.2) is 0 Å². The zero-order valence-electron chi connectivity index (χ0n) is 15.3. The summed E-state index contributed by atoms with van der Waals surface area (Å²) >= 11 is 0. The minimum Gasteiger partial charge on any atom is -0.447 e. The lowest BCUT2D eigenvalue weighted by Gasteiger charge is -2.36. The Kier molecular flexibility index (Phi) is 5.61. The molecule has 0 spiro atoms. The van der Waals surface area contributed by atoms with Crippen molar-refractivity contribution >= 4 is 23.2 Å². The van der Waals surface area contributed by atoms with Gasteiger partial charge in [0.25, 0.3) is 5.69 Å². The van der Waals surface area contributed by atoms with Gasteiger partial charge in [-0.3, -0.25) is 19.9 Å². The number of hydrogen-bond acceptors (Lipinski definition) is 6. The lowest BCUT2D eigenvalue weighted by Crippen LogP contribution is -2.43. The molecule has 2 atom stereocenters. The Morgan fingerprint density at radius 3 is 2.88 bits per heavy atom. The number of hydrogen-bond donors (Lipinski definition) is 1. The summed E-state index contributed by atoms with van der Waals surface area (Å²) in [6, 6.07) is 4.90. The van der Waals surface area contributed by atoms with Gasteiger partial charge in [0.2, 0.25) is 0 Å². The summed E-state index contributed by atoms with van der Waals surface area (Å²) in [6.07, 6.45) is 2.03. The van der Waals surface area contributed by atoms with Crippen LogP contribution in [0.1, 0.15) is 26.7 Å². The lowest BCUT2D eigenvalue weighted by molar-refractivity contribution is -0.384. The molecular formula is C18H26N4O4. The van der Waals surface area contributed by atoms with Gasteiger partial charge in [-0.15, -0.1) is 0 Å². The number of benzene rings is 1. The van der Waals surface area contributed by atoms with E-state index >= 15 is 0 Å². The van der Waals surface area contributed by atoms with Crippen LogP contribution >= 0.6 is 0 Å². The quantitative estimate of drug-likeness (QED) is 0.618. The van der Waals surface area contributed by atoms with Gasteiger partial charge >= 0.3 is 6.09 Å². The van der Waals surface area contributed by atoms with Gasteiger partial charge < -0.3 is 10.1 Å². The Balaban J connectivity index is 1.74. The van der Waals surface area contributed by atoms with Crippen molar-refractivity contribution in [3.8, 4) is 0 Å². The Morgan fingerprint density at radius 2 is 2.23 bits per heavy atom. The van der Waals surface area contributed by atoms with E-state index in [4.69, 9.17) is 4.74 Å². The first kappa shape index (κ1) is 18.4. The van der Waals surface area contributed by atoms with Gasteiger partial charge in [-0.1, -0.05) is 6.92 Å². The second-order valence-electron chi connectivity index (χ2n) is 7.20. The van der Waals surface area contributed by atoms with E-state index < -0.39 is 11.0 Å². The first-order chi connectivity index (χ1) is 12.5. The van der Waals surface area contributed by atoms with Crippen LogP contribution in [0.25, 0.3) is 0 Å². The number of nitrogens with one attached hydrogen (secondary N) is 1. The van der Waals surface area contributed by atoms with Crippen molar-refractivity contribution in [2.45, 2.75) is 32.7 Å². The molecule has 8 heteroatoms. The number of nitrogens with zero attached hydrogens (tertiary/aromatic N) is 3. The lowest BCUT2D eigenvalue weighted by atomic mass is 9.99. The summed E-state index contributed by atoms with van der Waals surface area (Å²) in [7, 11) is 0. The molecule has 0 aromatic heterocycles. The summed E-state index contributed by atoms with van der Waals surface area (Å²) in [5.41, 5.74) is 1.18. The monoisotopic (exact) mass is 362 g/mol. The smallest absolute Gasteiger partial charge is 0.414 e. The van der Waals surface area contributed by atoms with Gasteiger partial charge in [-0.2, -0.15) is 0 Å². The molecule has 142 valence electrons. The van der Waals surface area contributed by atoms with Crippen molar-refractivity contribution in [3.63, 3.8) is 0 Å². The highest BCUT2D eigenvalue weighted by atomic mass is 16.6. The summed E-state index contributed by atoms with van der Waals surface area (Å²) in [6.45, 7) is 8.05. The fourth-order valence-electron chi connectivity index (χ4n) is 3.63. The number of likely N-dealkylation sites (tertiary alicyclic amines) is 1. The summed E-state index contributed by atoms with van der Waals surface area (Å²) in [5, 5.41) is 14.5. The molecule has 2 fully saturated rings. The molecule has 2 unspecified atom stereocenters. The molecule has 26 heavy (non-hydrogen) atoms. The molecule has 2 heterocycles. The fourth-order valence-corrected chi connectivity index (χ4v) is 3.63. The zero-order valence-corrected chi connectivity index (χ0v) is 15.3. The van der Waals surface area contributed by atoms with Crippen LogP contribution in [0.4, 0.5) is 21.9 Å². The Labute approximate surface area is 153 Å². The third-order valence-electron chi connectivity index (χ3n) is 5.14. The number of cyclic esters (lactones) is 1. The van der Waals surface area contributed by atoms with Gasteiger partial charge in [0, 0.05) is 31.3 Å². The highest BCUT2D eigenvalue weighted by molar-refractivity contribution is 5.94. The minimum absolute atomic E-state index is 0.0387. The highest BCUT2D eigenvalue weighted by Gasteiger charge is 2.28. The topological polar surface area (TPSA) is 87.9 Å². The molecule has 3 rings (SSSR count). The molecule has 0 bridgehead atoms. The third-order valence-corrected chi connectivity index (χ3v) is 5.14. The maximum atomic E-state index is 11.9. The summed E-state index contributed by atoms with van der Waals surface area (Å²) in [5.74, 6) is 0.709. The molecule has 1 aromatic carbocycles. The Morgan fingerprint density at radius 1 is 1.42 bits per heavy atom. The van der Waals surface area contributed by atoms with E-state index in [2.05, 4.69) is 24.1 Å². The minimum atomic E-state index is -0.466. The highest BCUT2D eigenvalue weighted by Crippen LogP contribution is 2.32. The second kappa shape index (κ2) is 7.90. The van der Waals surface area contributed by atoms with Crippen LogP contribution in [0.2, 0.25) is 0 Å². The number of amides is 1. The summed E-state index contributed by atoms with van der Waals surface area (Å²) < 4.78 is 4.99. The van der Waals surface area contributed by atoms with Crippen LogP contribution in [0.15, 0.2) is 18.2 Å². The van der Waals surface area contributed by atoms with E-state index in [0.29, 0.717) is 43.0 Å². The fraction of sp³-hybridized carbons (Fsp3) is 0.611. The molecular weight excluding hydrogens is 336 g/mol. The Hall–Kier alpha value is -2.35. The van der Waals surface area contributed by atoms with Crippen molar-refractivity contribution < 1.29 is 14.5 Å². The van der Waals surface area contributed by atoms with Crippen molar-refractivity contribution in [2.75, 3.05) is 43.0 Å². The molecule has 8 nitrogen and oxygen atoms in total. The molecule has 1 aromatic rings. The van der Waals surface area contributed by atoms with E-state index in [-0.39, 0.29) is 5.69 Å². The molecule has 0 radical (unpaired) electrons. The molecule has 0 saturated carbocycles. The van der Waals surface area contributed by atoms with Crippen molar-refractivity contribution in [1.29, 1.82) is 0 Å². The maximum Gasteiger partial charge on any atom is 0.414 e. The standard InChI is InChI=1S/C18H26N4O4/c1-13-4-3-7-20(12-13)14(2)11-19-16-6-5-15(22(24)25)10-17(16)21-8-9-26-18(21)23/h5-6,10,13-14,19H,3-4,7-9,11-12H2,1-2H3. The van der Waals surface area contributed by atoms with Gasteiger partial charge in [0.1, 0.15) is 6.61 Å². The number of carbonyl (C=O) groups excluding carboxylic acids is 1. The largest absolute Gasteiger partial charge is 0.447 e. The number of anilines is 2. The number of carbonyl (C=O) groups is 1. The molecule has 1 N–H and O–H groups in total. The average molecular weight is 362 g/mol. The van der Waals surface area contributed by atoms with Crippen molar-refractivity contribution in [2.24, 2.45) is 5.92 Å². The molecule has 1 amide bonds. The SMILES string of the molecule is CC1CCCN(C(C)CNc2ccc([N+](=O)[O-])cc2N2CCOC2=O)C1. The van der Waals surface area contributed by atoms with E-state index in [1.165, 1.54) is 29.9 Å². The molecule has 2 aliphatic heterocycles. The van der Waals surface area contributed by atoms with Gasteiger partial charge in [-0.05, 0) is 38.3 Å². The van der Waals surface area contributed by atoms with E-state index in [0.717, 1.165) is 13.1 Å². The zero-order chi connectivity index (χ0) is 18.7. The van der Waals surface area contributed by atoms with Crippen LogP contribution in [0.5, 0.6) is 0 Å². The van der Waals surface area contributed by atoms with E-state index in [9.17, 15) is 14.9 Å². The first-order valence-corrected chi connectivity index (χ1v) is 9.16. The van der Waals surface area contributed by atoms with Crippen molar-refractivity contribution in [3.05, 3.63) is 28.3 Å². The Bertz CT molecular complexity index is 681. The molecule has 0 aliphatic carbocycles. The van der Waals surface area contributed by atoms with Crippen LogP contribution in [0.3, 0.4) is 0 Å². The van der Waals surface area contributed by atoms with E-state index in [1.807, 2.05) is 0 Å². The number of rotatable bonds is 6. The van der Waals surface area contributed by atoms with Crippen LogP contribution in [-0.2, 0) is 4.74 Å².